The third-order valence-corrected chi connectivity index (χ3v) is 3.17. The number of fused-ring (bicyclic) bond motifs is 1. The number of hydrogen-bond acceptors (Lipinski definition) is 5. The molecule has 17 heavy (non-hydrogen) atoms. The van der Waals surface area contributed by atoms with E-state index in [1.54, 1.807) is 4.57 Å². The number of nitrogens with zero attached hydrogens (tertiary/aromatic N) is 3. The maximum Gasteiger partial charge on any atom is 0.281 e. The van der Waals surface area contributed by atoms with Crippen molar-refractivity contribution >= 4 is 17.1 Å². The fourth-order valence-electron chi connectivity index (χ4n) is 2.08. The number of aliphatic hydroxyl groups excluding tert-OH is 1. The molecule has 90 valence electrons. The molecule has 0 unspecified atom stereocenters. The van der Waals surface area contributed by atoms with Crippen LogP contribution in [0, 0.1) is 0 Å². The maximum absolute atomic E-state index is 12.2. The van der Waals surface area contributed by atoms with Crippen molar-refractivity contribution in [2.45, 2.75) is 25.3 Å². The molecule has 0 spiro atoms. The first-order valence-corrected chi connectivity index (χ1v) is 5.61. The van der Waals surface area contributed by atoms with Crippen LogP contribution in [0.1, 0.15) is 25.3 Å². The highest BCUT2D eigenvalue weighted by Gasteiger charge is 2.25. The first-order valence-electron chi connectivity index (χ1n) is 5.61. The fourth-order valence-corrected chi connectivity index (χ4v) is 2.08. The number of H-pyrrole nitrogens is 1. The molecule has 0 atom stereocenters. The van der Waals surface area contributed by atoms with Crippen molar-refractivity contribution in [3.05, 3.63) is 16.7 Å². The van der Waals surface area contributed by atoms with Crippen LogP contribution in [0.25, 0.3) is 11.2 Å². The van der Waals surface area contributed by atoms with E-state index in [9.17, 15) is 4.79 Å². The molecule has 2 aromatic heterocycles. The van der Waals surface area contributed by atoms with E-state index in [4.69, 9.17) is 5.11 Å². The first-order chi connectivity index (χ1) is 8.31. The van der Waals surface area contributed by atoms with Gasteiger partial charge < -0.3 is 15.4 Å². The summed E-state index contributed by atoms with van der Waals surface area (Å²) in [6.45, 7) is -0.255. The van der Waals surface area contributed by atoms with Gasteiger partial charge in [0.05, 0.1) is 6.33 Å². The average molecular weight is 235 g/mol. The van der Waals surface area contributed by atoms with Gasteiger partial charge in [0, 0.05) is 6.04 Å². The molecule has 0 aromatic carbocycles. The number of imidazole rings is 1. The highest BCUT2D eigenvalue weighted by molar-refractivity contribution is 5.70. The van der Waals surface area contributed by atoms with Crippen LogP contribution in [0.4, 0.5) is 5.95 Å². The summed E-state index contributed by atoms with van der Waals surface area (Å²) in [5.74, 6) is 0.391. The van der Waals surface area contributed by atoms with Crippen molar-refractivity contribution in [3.8, 4) is 0 Å². The highest BCUT2D eigenvalue weighted by atomic mass is 16.3. The van der Waals surface area contributed by atoms with Gasteiger partial charge in [-0.05, 0) is 19.3 Å². The van der Waals surface area contributed by atoms with Crippen LogP contribution in [0.5, 0.6) is 0 Å². The molecule has 0 aliphatic heterocycles. The summed E-state index contributed by atoms with van der Waals surface area (Å²) in [6.07, 6.45) is 4.52. The lowest BCUT2D eigenvalue weighted by Crippen LogP contribution is -2.32. The first kappa shape index (κ1) is 10.3. The quantitative estimate of drug-likeness (QED) is 0.661. The molecule has 2 heterocycles. The summed E-state index contributed by atoms with van der Waals surface area (Å²) in [6, 6.07) is 0.178. The monoisotopic (exact) mass is 235 g/mol. The molecule has 1 aliphatic rings. The van der Waals surface area contributed by atoms with E-state index in [0.717, 1.165) is 19.3 Å². The number of rotatable bonds is 3. The number of aromatic nitrogens is 4. The molecular weight excluding hydrogens is 222 g/mol. The fraction of sp³-hybridized carbons (Fsp3) is 0.500. The number of hydrogen-bond donors (Lipinski definition) is 3. The molecule has 7 heteroatoms. The molecule has 3 N–H and O–H groups in total. The van der Waals surface area contributed by atoms with Gasteiger partial charge in [0.15, 0.2) is 11.2 Å². The lowest BCUT2D eigenvalue weighted by molar-refractivity contribution is 0.298. The van der Waals surface area contributed by atoms with E-state index >= 15 is 0 Å². The van der Waals surface area contributed by atoms with Gasteiger partial charge in [0.2, 0.25) is 5.95 Å². The SMILES string of the molecule is O=c1c2[nH]cnc2nc(NCO)n1C1CCC1. The minimum Gasteiger partial charge on any atom is -0.376 e. The van der Waals surface area contributed by atoms with Crippen LogP contribution in [-0.2, 0) is 0 Å². The Morgan fingerprint density at radius 3 is 3.06 bits per heavy atom. The summed E-state index contributed by atoms with van der Waals surface area (Å²) in [5, 5.41) is 11.6. The van der Waals surface area contributed by atoms with E-state index in [-0.39, 0.29) is 18.3 Å². The standard InChI is InChI=1S/C10H13N5O2/c16-5-13-10-14-8-7(11-4-12-8)9(17)15(10)6-2-1-3-6/h4,6,16H,1-3,5H2,(H,11,12)(H,13,14). The third-order valence-electron chi connectivity index (χ3n) is 3.17. The van der Waals surface area contributed by atoms with Crippen molar-refractivity contribution in [1.82, 2.24) is 19.5 Å². The second kappa shape index (κ2) is 3.85. The Balaban J connectivity index is 2.23. The Kier molecular flexibility index (Phi) is 2.32. The van der Waals surface area contributed by atoms with Gasteiger partial charge >= 0.3 is 0 Å². The predicted octanol–water partition coefficient (Wildman–Crippen LogP) is 0.206. The Labute approximate surface area is 96.5 Å². The Bertz CT molecular complexity index is 598. The number of aromatic amines is 1. The number of aliphatic hydroxyl groups is 1. The highest BCUT2D eigenvalue weighted by Crippen LogP contribution is 2.32. The van der Waals surface area contributed by atoms with Crippen LogP contribution < -0.4 is 10.9 Å². The summed E-state index contributed by atoms with van der Waals surface area (Å²) in [4.78, 5) is 23.3. The second-order valence-corrected chi connectivity index (χ2v) is 4.13. The van der Waals surface area contributed by atoms with Gasteiger partial charge in [0.25, 0.3) is 5.56 Å². The van der Waals surface area contributed by atoms with Crippen molar-refractivity contribution in [2.24, 2.45) is 0 Å². The van der Waals surface area contributed by atoms with Crippen molar-refractivity contribution in [2.75, 3.05) is 12.0 Å². The van der Waals surface area contributed by atoms with Crippen molar-refractivity contribution < 1.29 is 5.11 Å². The zero-order chi connectivity index (χ0) is 11.8. The van der Waals surface area contributed by atoms with Crippen LogP contribution in [0.2, 0.25) is 0 Å². The van der Waals surface area contributed by atoms with Gasteiger partial charge in [-0.3, -0.25) is 9.36 Å². The molecule has 3 rings (SSSR count). The minimum absolute atomic E-state index is 0.131. The Hall–Kier alpha value is -1.89. The average Bonchev–Trinajstić information content (AvgIpc) is 2.69. The molecule has 1 saturated carbocycles. The Morgan fingerprint density at radius 1 is 1.59 bits per heavy atom. The lowest BCUT2D eigenvalue weighted by atomic mass is 9.93. The molecule has 0 amide bonds. The molecule has 1 aliphatic carbocycles. The zero-order valence-electron chi connectivity index (χ0n) is 9.18. The molecule has 1 fully saturated rings. The smallest absolute Gasteiger partial charge is 0.281 e. The molecular formula is C10H13N5O2. The van der Waals surface area contributed by atoms with Crippen LogP contribution in [0.3, 0.4) is 0 Å². The molecule has 7 nitrogen and oxygen atoms in total. The molecule has 2 aromatic rings. The van der Waals surface area contributed by atoms with E-state index in [1.807, 2.05) is 0 Å². The lowest BCUT2D eigenvalue weighted by Gasteiger charge is -2.29. The largest absolute Gasteiger partial charge is 0.376 e. The minimum atomic E-state index is -0.255. The van der Waals surface area contributed by atoms with E-state index in [2.05, 4.69) is 20.3 Å². The molecule has 0 radical (unpaired) electrons. The maximum atomic E-state index is 12.2. The van der Waals surface area contributed by atoms with E-state index in [1.165, 1.54) is 6.33 Å². The summed E-state index contributed by atoms with van der Waals surface area (Å²) in [5.41, 5.74) is 0.662. The van der Waals surface area contributed by atoms with Crippen LogP contribution in [0.15, 0.2) is 11.1 Å². The van der Waals surface area contributed by atoms with Gasteiger partial charge in [-0.2, -0.15) is 4.98 Å². The predicted molar refractivity (Wildman–Crippen MR) is 61.7 cm³/mol. The van der Waals surface area contributed by atoms with Gasteiger partial charge in [-0.15, -0.1) is 0 Å². The van der Waals surface area contributed by atoms with Crippen molar-refractivity contribution in [1.29, 1.82) is 0 Å². The van der Waals surface area contributed by atoms with Gasteiger partial charge in [0.1, 0.15) is 6.73 Å². The summed E-state index contributed by atoms with van der Waals surface area (Å²) in [7, 11) is 0. The van der Waals surface area contributed by atoms with Crippen LogP contribution >= 0.6 is 0 Å². The van der Waals surface area contributed by atoms with Gasteiger partial charge in [-0.25, -0.2) is 4.98 Å². The van der Waals surface area contributed by atoms with E-state index in [0.29, 0.717) is 17.1 Å². The Morgan fingerprint density at radius 2 is 2.41 bits per heavy atom. The molecule has 0 saturated heterocycles. The van der Waals surface area contributed by atoms with Crippen molar-refractivity contribution in [3.63, 3.8) is 0 Å². The third kappa shape index (κ3) is 1.50. The van der Waals surface area contributed by atoms with Crippen LogP contribution in [-0.4, -0.2) is 31.4 Å². The normalized spacial score (nSPS) is 16.1. The van der Waals surface area contributed by atoms with E-state index < -0.39 is 0 Å². The zero-order valence-corrected chi connectivity index (χ0v) is 9.18. The summed E-state index contributed by atoms with van der Waals surface area (Å²) >= 11 is 0. The second-order valence-electron chi connectivity index (χ2n) is 4.13. The van der Waals surface area contributed by atoms with Gasteiger partial charge in [-0.1, -0.05) is 0 Å². The number of nitrogens with one attached hydrogen (secondary N) is 2. The molecule has 0 bridgehead atoms. The number of anilines is 1. The summed E-state index contributed by atoms with van der Waals surface area (Å²) < 4.78 is 1.61. The topological polar surface area (TPSA) is 95.8 Å².